The lowest BCUT2D eigenvalue weighted by Gasteiger charge is -2.32. The summed E-state index contributed by atoms with van der Waals surface area (Å²) in [6, 6.07) is 19.5. The van der Waals surface area contributed by atoms with Crippen molar-refractivity contribution in [3.63, 3.8) is 0 Å². The molecule has 3 amide bonds. The van der Waals surface area contributed by atoms with Gasteiger partial charge in [0.05, 0.1) is 16.8 Å². The van der Waals surface area contributed by atoms with E-state index in [0.29, 0.717) is 43.8 Å². The molecule has 1 unspecified atom stereocenters. The number of rotatable bonds is 10. The lowest BCUT2D eigenvalue weighted by atomic mass is 10.0. The summed E-state index contributed by atoms with van der Waals surface area (Å²) in [6.07, 6.45) is 8.13. The molecule has 0 aliphatic carbocycles. The summed E-state index contributed by atoms with van der Waals surface area (Å²) in [5, 5.41) is 15.9. The molecule has 0 fully saturated rings. The summed E-state index contributed by atoms with van der Waals surface area (Å²) < 4.78 is 1.74. The predicted molar refractivity (Wildman–Crippen MR) is 220 cm³/mol. The molecule has 0 bridgehead atoms. The number of carbonyl (C=O) groups excluding carboxylic acids is 3. The van der Waals surface area contributed by atoms with Crippen LogP contribution in [0.25, 0.3) is 22.2 Å². The van der Waals surface area contributed by atoms with E-state index in [0.717, 1.165) is 61.5 Å². The summed E-state index contributed by atoms with van der Waals surface area (Å²) in [6.45, 7) is 3.15. The summed E-state index contributed by atoms with van der Waals surface area (Å²) in [5.74, 6) is -0.892. The van der Waals surface area contributed by atoms with Gasteiger partial charge in [0.1, 0.15) is 12.1 Å². The first-order valence-corrected chi connectivity index (χ1v) is 20.3. The topological polar surface area (TPSA) is 150 Å². The van der Waals surface area contributed by atoms with Gasteiger partial charge in [-0.05, 0) is 79.3 Å². The highest BCUT2D eigenvalue weighted by Gasteiger charge is 2.34. The second-order valence-corrected chi connectivity index (χ2v) is 15.7. The Morgan fingerprint density at radius 3 is 2.47 bits per heavy atom. The maximum Gasteiger partial charge on any atom is 0.245 e. The quantitative estimate of drug-likeness (QED) is 0.104. The number of benzene rings is 3. The Balaban J connectivity index is 1.44. The van der Waals surface area contributed by atoms with Gasteiger partial charge in [0.2, 0.25) is 17.7 Å². The van der Waals surface area contributed by atoms with Crippen LogP contribution in [-0.2, 0) is 40.9 Å². The molecule has 11 nitrogen and oxygen atoms in total. The molecule has 3 heterocycles. The van der Waals surface area contributed by atoms with Gasteiger partial charge < -0.3 is 31.6 Å². The van der Waals surface area contributed by atoms with Crippen molar-refractivity contribution >= 4 is 52.0 Å². The van der Waals surface area contributed by atoms with Crippen molar-refractivity contribution in [2.24, 2.45) is 12.8 Å². The molecule has 1 aliphatic heterocycles. The minimum Gasteiger partial charge on any atom is -0.361 e. The molecule has 2 aromatic heterocycles. The lowest BCUT2D eigenvalue weighted by Crippen LogP contribution is -2.57. The number of hydrogen-bond donors (Lipinski definition) is 5. The molecule has 0 spiro atoms. The number of hydrogen-bond acceptors (Lipinski definition) is 7. The van der Waals surface area contributed by atoms with Crippen LogP contribution >= 0.6 is 23.4 Å². The molecule has 0 radical (unpaired) electrons. The van der Waals surface area contributed by atoms with E-state index in [1.165, 1.54) is 16.7 Å². The Labute approximate surface area is 332 Å². The molecule has 3 atom stereocenters. The minimum atomic E-state index is -0.892. The van der Waals surface area contributed by atoms with Crippen LogP contribution in [0.1, 0.15) is 62.1 Å². The van der Waals surface area contributed by atoms with Crippen molar-refractivity contribution in [3.8, 4) is 11.3 Å². The van der Waals surface area contributed by atoms with Crippen LogP contribution in [0.2, 0.25) is 5.02 Å². The molecule has 0 saturated carbocycles. The van der Waals surface area contributed by atoms with E-state index in [1.807, 2.05) is 86.2 Å². The molecular formula is C42H51ClN8O3S. The van der Waals surface area contributed by atoms with Crippen molar-refractivity contribution in [2.75, 3.05) is 13.6 Å². The van der Waals surface area contributed by atoms with E-state index < -0.39 is 18.1 Å². The van der Waals surface area contributed by atoms with Gasteiger partial charge in [0.15, 0.2) is 0 Å². The van der Waals surface area contributed by atoms with Crippen LogP contribution in [-0.4, -0.2) is 69.1 Å². The minimum absolute atomic E-state index is 0.157. The largest absolute Gasteiger partial charge is 0.361 e. The van der Waals surface area contributed by atoms with Crippen LogP contribution < -0.4 is 21.7 Å². The van der Waals surface area contributed by atoms with Crippen molar-refractivity contribution in [3.05, 3.63) is 101 Å². The number of unbranched alkanes of at least 4 members (excludes halogenated alkanes) is 2. The SMILES string of the molecule is CCCC[C@@H]1NCc2ccccc2Sc2c(Cl)cc(-c3ccn(C)n3)cc2CNC(=O)[C@H](Cc2c[nH]c3ccccc23)N(C)C(=O)C(CCCCN)NC1=O. The number of aromatic amines is 1. The van der Waals surface area contributed by atoms with Crippen LogP contribution in [0.5, 0.6) is 0 Å². The standard InChI is InChI=1S/C42H51ClN8O3S/c1-4-5-14-35-40(52)48-36(16-10-11-19-44)42(54)51(3)37(23-29-25-45-34-15-8-7-13-31(29)34)41(53)47-26-30-21-28(33-18-20-50(2)49-33)22-32(43)39(30)55-38-17-9-6-12-27(38)24-46-35/h6-9,12-13,15,17-18,20-22,25,35-37,45-46H,4-5,10-11,14,16,19,23-24,26,44H2,1-3H3,(H,47,53)(H,48,52)/t35-,36?,37-/m0/s1. The van der Waals surface area contributed by atoms with Gasteiger partial charge in [0.25, 0.3) is 0 Å². The Bertz CT molecular complexity index is 2120. The number of nitrogens with one attached hydrogen (secondary N) is 4. The Kier molecular flexibility index (Phi) is 13.7. The highest BCUT2D eigenvalue weighted by atomic mass is 35.5. The Morgan fingerprint density at radius 1 is 0.909 bits per heavy atom. The number of fused-ring (bicyclic) bond motifs is 3. The van der Waals surface area contributed by atoms with Gasteiger partial charge in [-0.1, -0.05) is 79.5 Å². The van der Waals surface area contributed by atoms with Gasteiger partial charge in [0, 0.05) is 72.3 Å². The van der Waals surface area contributed by atoms with Gasteiger partial charge in [-0.25, -0.2) is 0 Å². The molecule has 13 heteroatoms. The van der Waals surface area contributed by atoms with Crippen molar-refractivity contribution < 1.29 is 14.4 Å². The van der Waals surface area contributed by atoms with Gasteiger partial charge in [-0.3, -0.25) is 19.1 Å². The van der Waals surface area contributed by atoms with Gasteiger partial charge in [-0.2, -0.15) is 5.10 Å². The van der Waals surface area contributed by atoms with Crippen LogP contribution in [0.4, 0.5) is 0 Å². The van der Waals surface area contributed by atoms with Crippen LogP contribution in [0.15, 0.2) is 88.9 Å². The zero-order chi connectivity index (χ0) is 38.9. The number of halogens is 1. The summed E-state index contributed by atoms with van der Waals surface area (Å²) in [4.78, 5) is 49.8. The van der Waals surface area contributed by atoms with E-state index in [4.69, 9.17) is 17.3 Å². The number of carbonyl (C=O) groups is 3. The second-order valence-electron chi connectivity index (χ2n) is 14.2. The Morgan fingerprint density at radius 2 is 1.69 bits per heavy atom. The third kappa shape index (κ3) is 9.80. The van der Waals surface area contributed by atoms with Crippen LogP contribution in [0.3, 0.4) is 0 Å². The van der Waals surface area contributed by atoms with Gasteiger partial charge in [-0.15, -0.1) is 0 Å². The fourth-order valence-corrected chi connectivity index (χ4v) is 8.49. The molecule has 290 valence electrons. The molecule has 6 N–H and O–H groups in total. The summed E-state index contributed by atoms with van der Waals surface area (Å²) in [5.41, 5.74) is 11.1. The number of amides is 3. The molecule has 0 saturated heterocycles. The highest BCUT2D eigenvalue weighted by molar-refractivity contribution is 7.99. The summed E-state index contributed by atoms with van der Waals surface area (Å²) >= 11 is 8.64. The number of nitrogens with zero attached hydrogens (tertiary/aromatic N) is 3. The number of likely N-dealkylation sites (N-methyl/N-ethyl adjacent to an activating group) is 1. The van der Waals surface area contributed by atoms with Crippen molar-refractivity contribution in [1.29, 1.82) is 0 Å². The maximum absolute atomic E-state index is 14.6. The van der Waals surface area contributed by atoms with E-state index in [1.54, 1.807) is 11.7 Å². The number of para-hydroxylation sites is 1. The van der Waals surface area contributed by atoms with E-state index in [-0.39, 0.29) is 30.7 Å². The molecule has 1 aliphatic rings. The smallest absolute Gasteiger partial charge is 0.245 e. The van der Waals surface area contributed by atoms with Crippen molar-refractivity contribution in [1.82, 2.24) is 35.6 Å². The number of nitrogens with two attached hydrogens (primary N) is 1. The molecule has 6 rings (SSSR count). The van der Waals surface area contributed by atoms with Crippen molar-refractivity contribution in [2.45, 2.75) is 92.9 Å². The first-order valence-electron chi connectivity index (χ1n) is 19.1. The average molecular weight is 783 g/mol. The fourth-order valence-electron chi connectivity index (χ4n) is 7.08. The number of aryl methyl sites for hydroxylation is 1. The zero-order valence-electron chi connectivity index (χ0n) is 31.7. The van der Waals surface area contributed by atoms with E-state index in [2.05, 4.69) is 33.0 Å². The second kappa shape index (κ2) is 18.8. The van der Waals surface area contributed by atoms with Crippen LogP contribution in [0, 0.1) is 0 Å². The highest BCUT2D eigenvalue weighted by Crippen LogP contribution is 2.40. The predicted octanol–water partition coefficient (Wildman–Crippen LogP) is 6.33. The van der Waals surface area contributed by atoms with Gasteiger partial charge >= 0.3 is 0 Å². The monoisotopic (exact) mass is 782 g/mol. The normalized spacial score (nSPS) is 18.7. The fraction of sp³-hybridized carbons (Fsp3) is 0.381. The molecule has 3 aromatic carbocycles. The van der Waals surface area contributed by atoms with E-state index >= 15 is 0 Å². The summed E-state index contributed by atoms with van der Waals surface area (Å²) in [7, 11) is 3.52. The third-order valence-electron chi connectivity index (χ3n) is 10.2. The number of aromatic nitrogens is 3. The average Bonchev–Trinajstić information content (AvgIpc) is 3.82. The number of H-pyrrole nitrogens is 1. The molecule has 5 aromatic rings. The third-order valence-corrected chi connectivity index (χ3v) is 12.0. The van der Waals surface area contributed by atoms with E-state index in [9.17, 15) is 14.4 Å². The molecular weight excluding hydrogens is 732 g/mol. The lowest BCUT2D eigenvalue weighted by molar-refractivity contribution is -0.142. The first kappa shape index (κ1) is 40.1. The first-order chi connectivity index (χ1) is 26.7. The maximum atomic E-state index is 14.6. The Hall–Kier alpha value is -4.62. The zero-order valence-corrected chi connectivity index (χ0v) is 33.3. The molecule has 55 heavy (non-hydrogen) atoms.